The molecular formula is C19H17Cl2N3O2. The second kappa shape index (κ2) is 7.48. The monoisotopic (exact) mass is 389 g/mol. The first-order chi connectivity index (χ1) is 12.4. The molecule has 1 atom stereocenters. The van der Waals surface area contributed by atoms with Crippen LogP contribution in [0.4, 0.5) is 0 Å². The SMILES string of the molecule is CC(c1ccc(Cl)cc1Cl)N(C)C(=O)Cn1cnc2ccccc2c1=O. The number of carbonyl (C=O) groups is 1. The minimum absolute atomic E-state index is 0.0945. The molecule has 1 heterocycles. The van der Waals surface area contributed by atoms with Gasteiger partial charge in [0, 0.05) is 17.1 Å². The van der Waals surface area contributed by atoms with Gasteiger partial charge in [0.25, 0.3) is 5.56 Å². The number of likely N-dealkylation sites (N-methyl/N-ethyl adjacent to an activating group) is 1. The summed E-state index contributed by atoms with van der Waals surface area (Å²) < 4.78 is 1.32. The average molecular weight is 390 g/mol. The number of amides is 1. The van der Waals surface area contributed by atoms with Gasteiger partial charge >= 0.3 is 0 Å². The van der Waals surface area contributed by atoms with E-state index in [9.17, 15) is 9.59 Å². The van der Waals surface area contributed by atoms with Crippen molar-refractivity contribution in [3.05, 3.63) is 74.8 Å². The molecule has 3 aromatic rings. The number of para-hydroxylation sites is 1. The molecule has 1 aromatic heterocycles. The van der Waals surface area contributed by atoms with Crippen LogP contribution >= 0.6 is 23.2 Å². The molecule has 3 rings (SSSR count). The van der Waals surface area contributed by atoms with Crippen molar-refractivity contribution in [1.29, 1.82) is 0 Å². The average Bonchev–Trinajstić information content (AvgIpc) is 2.63. The molecule has 0 N–H and O–H groups in total. The minimum Gasteiger partial charge on any atom is -0.337 e. The normalized spacial score (nSPS) is 12.2. The van der Waals surface area contributed by atoms with Crippen LogP contribution < -0.4 is 5.56 Å². The molecule has 2 aromatic carbocycles. The van der Waals surface area contributed by atoms with Gasteiger partial charge in [0.1, 0.15) is 6.54 Å². The van der Waals surface area contributed by atoms with Crippen LogP contribution in [0, 0.1) is 0 Å². The van der Waals surface area contributed by atoms with Crippen molar-refractivity contribution in [2.45, 2.75) is 19.5 Å². The van der Waals surface area contributed by atoms with Crippen molar-refractivity contribution in [2.24, 2.45) is 0 Å². The van der Waals surface area contributed by atoms with Crippen LogP contribution in [0.5, 0.6) is 0 Å². The van der Waals surface area contributed by atoms with Crippen molar-refractivity contribution < 1.29 is 4.79 Å². The maximum atomic E-state index is 12.7. The highest BCUT2D eigenvalue weighted by Gasteiger charge is 2.20. The first-order valence-corrected chi connectivity index (χ1v) is 8.79. The Morgan fingerprint density at radius 2 is 1.96 bits per heavy atom. The Balaban J connectivity index is 1.83. The molecule has 0 bridgehead atoms. The maximum absolute atomic E-state index is 12.7. The van der Waals surface area contributed by atoms with Crippen LogP contribution in [-0.2, 0) is 11.3 Å². The number of fused-ring (bicyclic) bond motifs is 1. The van der Waals surface area contributed by atoms with Crippen LogP contribution in [0.1, 0.15) is 18.5 Å². The van der Waals surface area contributed by atoms with Gasteiger partial charge in [-0.2, -0.15) is 0 Å². The topological polar surface area (TPSA) is 55.2 Å². The van der Waals surface area contributed by atoms with E-state index in [0.717, 1.165) is 5.56 Å². The van der Waals surface area contributed by atoms with E-state index in [1.165, 1.54) is 10.9 Å². The van der Waals surface area contributed by atoms with Gasteiger partial charge in [-0.25, -0.2) is 4.98 Å². The molecule has 5 nitrogen and oxygen atoms in total. The van der Waals surface area contributed by atoms with E-state index in [4.69, 9.17) is 23.2 Å². The molecule has 1 unspecified atom stereocenters. The molecule has 0 saturated heterocycles. The predicted molar refractivity (Wildman–Crippen MR) is 104 cm³/mol. The Hall–Kier alpha value is -2.37. The fraction of sp³-hybridized carbons (Fsp3) is 0.211. The summed E-state index contributed by atoms with van der Waals surface area (Å²) in [5, 5.41) is 1.52. The van der Waals surface area contributed by atoms with E-state index in [1.54, 1.807) is 48.3 Å². The van der Waals surface area contributed by atoms with Gasteiger partial charge in [0.2, 0.25) is 5.91 Å². The van der Waals surface area contributed by atoms with Crippen molar-refractivity contribution in [3.8, 4) is 0 Å². The Morgan fingerprint density at radius 3 is 2.69 bits per heavy atom. The van der Waals surface area contributed by atoms with Gasteiger partial charge in [-0.05, 0) is 36.8 Å². The molecule has 0 radical (unpaired) electrons. The van der Waals surface area contributed by atoms with E-state index < -0.39 is 0 Å². The molecule has 26 heavy (non-hydrogen) atoms. The van der Waals surface area contributed by atoms with Gasteiger partial charge in [-0.1, -0.05) is 41.4 Å². The number of aromatic nitrogens is 2. The summed E-state index contributed by atoms with van der Waals surface area (Å²) >= 11 is 12.2. The van der Waals surface area contributed by atoms with E-state index in [1.807, 2.05) is 13.0 Å². The number of benzene rings is 2. The number of nitrogens with zero attached hydrogens (tertiary/aromatic N) is 3. The van der Waals surface area contributed by atoms with Crippen molar-refractivity contribution >= 4 is 40.0 Å². The molecule has 0 saturated carbocycles. The lowest BCUT2D eigenvalue weighted by Gasteiger charge is -2.26. The quantitative estimate of drug-likeness (QED) is 0.679. The summed E-state index contributed by atoms with van der Waals surface area (Å²) in [7, 11) is 1.68. The Labute approximate surface area is 160 Å². The van der Waals surface area contributed by atoms with E-state index in [0.29, 0.717) is 20.9 Å². The molecule has 0 fully saturated rings. The van der Waals surface area contributed by atoms with Crippen molar-refractivity contribution in [1.82, 2.24) is 14.5 Å². The van der Waals surface area contributed by atoms with Gasteiger partial charge < -0.3 is 4.90 Å². The highest BCUT2D eigenvalue weighted by molar-refractivity contribution is 6.35. The number of rotatable bonds is 4. The molecule has 7 heteroatoms. The maximum Gasteiger partial charge on any atom is 0.261 e. The third-order valence-corrected chi connectivity index (χ3v) is 4.99. The van der Waals surface area contributed by atoms with Crippen LogP contribution in [0.15, 0.2) is 53.6 Å². The third-order valence-electron chi connectivity index (χ3n) is 4.42. The summed E-state index contributed by atoms with van der Waals surface area (Å²) in [6, 6.07) is 12.0. The Kier molecular flexibility index (Phi) is 5.30. The summed E-state index contributed by atoms with van der Waals surface area (Å²) in [6.45, 7) is 1.77. The van der Waals surface area contributed by atoms with E-state index >= 15 is 0 Å². The Bertz CT molecular complexity index is 1030. The molecular weight excluding hydrogens is 373 g/mol. The summed E-state index contributed by atoms with van der Waals surface area (Å²) in [5.74, 6) is -0.220. The molecule has 0 spiro atoms. The fourth-order valence-corrected chi connectivity index (χ4v) is 3.31. The zero-order valence-electron chi connectivity index (χ0n) is 14.3. The summed E-state index contributed by atoms with van der Waals surface area (Å²) in [4.78, 5) is 31.0. The summed E-state index contributed by atoms with van der Waals surface area (Å²) in [5.41, 5.74) is 1.15. The zero-order chi connectivity index (χ0) is 18.8. The second-order valence-electron chi connectivity index (χ2n) is 6.04. The zero-order valence-corrected chi connectivity index (χ0v) is 15.8. The molecule has 1 amide bonds. The van der Waals surface area contributed by atoms with Crippen molar-refractivity contribution in [3.63, 3.8) is 0 Å². The highest BCUT2D eigenvalue weighted by atomic mass is 35.5. The van der Waals surface area contributed by atoms with E-state index in [2.05, 4.69) is 4.98 Å². The van der Waals surface area contributed by atoms with E-state index in [-0.39, 0.29) is 24.1 Å². The lowest BCUT2D eigenvalue weighted by atomic mass is 10.1. The highest BCUT2D eigenvalue weighted by Crippen LogP contribution is 2.29. The van der Waals surface area contributed by atoms with Gasteiger partial charge in [0.05, 0.1) is 23.3 Å². The Morgan fingerprint density at radius 1 is 1.23 bits per heavy atom. The van der Waals surface area contributed by atoms with Crippen molar-refractivity contribution in [2.75, 3.05) is 7.05 Å². The summed E-state index contributed by atoms with van der Waals surface area (Å²) in [6.07, 6.45) is 1.40. The predicted octanol–water partition coefficient (Wildman–Crippen LogP) is 3.92. The van der Waals surface area contributed by atoms with Gasteiger partial charge in [-0.3, -0.25) is 14.2 Å². The molecule has 0 aliphatic carbocycles. The minimum atomic E-state index is -0.267. The number of carbonyl (C=O) groups excluding carboxylic acids is 1. The largest absolute Gasteiger partial charge is 0.337 e. The molecule has 134 valence electrons. The first kappa shape index (κ1) is 18.4. The van der Waals surface area contributed by atoms with Crippen LogP contribution in [-0.4, -0.2) is 27.4 Å². The standard InChI is InChI=1S/C19H17Cl2N3O2/c1-12(14-8-7-13(20)9-16(14)21)23(2)18(25)10-24-11-22-17-6-4-3-5-15(17)19(24)26/h3-9,11-12H,10H2,1-2H3. The lowest BCUT2D eigenvalue weighted by Crippen LogP contribution is -2.35. The smallest absolute Gasteiger partial charge is 0.261 e. The number of hydrogen-bond donors (Lipinski definition) is 0. The van der Waals surface area contributed by atoms with Gasteiger partial charge in [0.15, 0.2) is 0 Å². The third kappa shape index (κ3) is 3.59. The fourth-order valence-electron chi connectivity index (χ4n) is 2.74. The number of hydrogen-bond acceptors (Lipinski definition) is 3. The van der Waals surface area contributed by atoms with Gasteiger partial charge in [-0.15, -0.1) is 0 Å². The second-order valence-corrected chi connectivity index (χ2v) is 6.88. The lowest BCUT2D eigenvalue weighted by molar-refractivity contribution is -0.132. The van der Waals surface area contributed by atoms with Crippen LogP contribution in [0.3, 0.4) is 0 Å². The van der Waals surface area contributed by atoms with Crippen LogP contribution in [0.25, 0.3) is 10.9 Å². The molecule has 0 aliphatic heterocycles. The first-order valence-electron chi connectivity index (χ1n) is 8.03. The van der Waals surface area contributed by atoms with Crippen LogP contribution in [0.2, 0.25) is 10.0 Å². The molecule has 0 aliphatic rings. The number of halogens is 2.